The summed E-state index contributed by atoms with van der Waals surface area (Å²) in [7, 11) is 1.38. The minimum Gasteiger partial charge on any atom is -0.495 e. The number of nitro benzene ring substituents is 1. The number of ether oxygens (including phenoxy) is 1. The van der Waals surface area contributed by atoms with E-state index in [9.17, 15) is 19.3 Å². The van der Waals surface area contributed by atoms with Gasteiger partial charge in [0.05, 0.1) is 23.3 Å². The third kappa shape index (κ3) is 3.40. The van der Waals surface area contributed by atoms with Gasteiger partial charge in [0.1, 0.15) is 11.6 Å². The highest BCUT2D eigenvalue weighted by molar-refractivity contribution is 9.10. The normalized spacial score (nSPS) is 10.1. The van der Waals surface area contributed by atoms with Gasteiger partial charge in [-0.1, -0.05) is 0 Å². The summed E-state index contributed by atoms with van der Waals surface area (Å²) in [4.78, 5) is 22.4. The van der Waals surface area contributed by atoms with E-state index in [0.717, 1.165) is 12.1 Å². The Kier molecular flexibility index (Phi) is 4.71. The summed E-state index contributed by atoms with van der Waals surface area (Å²) < 4.78 is 18.4. The average molecular weight is 369 g/mol. The lowest BCUT2D eigenvalue weighted by molar-refractivity contribution is -0.384. The SMILES string of the molecule is COc1ccc([N+](=O)[O-])cc1NC(=O)c1ccc(F)cc1Br. The molecule has 2 rings (SSSR count). The molecule has 2 aromatic rings. The van der Waals surface area contributed by atoms with Gasteiger partial charge in [-0.05, 0) is 40.2 Å². The number of nitrogens with zero attached hydrogens (tertiary/aromatic N) is 1. The van der Waals surface area contributed by atoms with Crippen molar-refractivity contribution in [1.29, 1.82) is 0 Å². The number of halogens is 2. The predicted octanol–water partition coefficient (Wildman–Crippen LogP) is 3.76. The molecule has 0 saturated heterocycles. The van der Waals surface area contributed by atoms with Crippen LogP contribution in [0, 0.1) is 15.9 Å². The molecule has 1 amide bonds. The lowest BCUT2D eigenvalue weighted by Crippen LogP contribution is -2.13. The van der Waals surface area contributed by atoms with Crippen LogP contribution in [-0.2, 0) is 0 Å². The van der Waals surface area contributed by atoms with Crippen LogP contribution in [0.5, 0.6) is 5.75 Å². The smallest absolute Gasteiger partial charge is 0.271 e. The topological polar surface area (TPSA) is 81.5 Å². The molecule has 0 spiro atoms. The number of rotatable bonds is 4. The second-order valence-corrected chi connectivity index (χ2v) is 5.07. The monoisotopic (exact) mass is 368 g/mol. The molecule has 0 bridgehead atoms. The first-order valence-electron chi connectivity index (χ1n) is 6.01. The fraction of sp³-hybridized carbons (Fsp3) is 0.0714. The first-order chi connectivity index (χ1) is 10.4. The molecule has 22 heavy (non-hydrogen) atoms. The van der Waals surface area contributed by atoms with Crippen LogP contribution in [0.4, 0.5) is 15.8 Å². The zero-order chi connectivity index (χ0) is 16.3. The molecule has 0 aliphatic rings. The molecule has 0 fully saturated rings. The number of hydrogen-bond acceptors (Lipinski definition) is 4. The molecule has 0 aliphatic carbocycles. The van der Waals surface area contributed by atoms with Gasteiger partial charge in [0.15, 0.2) is 0 Å². The summed E-state index contributed by atoms with van der Waals surface area (Å²) in [6.07, 6.45) is 0. The van der Waals surface area contributed by atoms with Crippen LogP contribution in [0.2, 0.25) is 0 Å². The average Bonchev–Trinajstić information content (AvgIpc) is 2.46. The lowest BCUT2D eigenvalue weighted by Gasteiger charge is -2.11. The third-order valence-corrected chi connectivity index (χ3v) is 3.47. The molecule has 0 saturated carbocycles. The van der Waals surface area contributed by atoms with Crippen molar-refractivity contribution in [2.24, 2.45) is 0 Å². The van der Waals surface area contributed by atoms with E-state index in [4.69, 9.17) is 4.74 Å². The van der Waals surface area contributed by atoms with Crippen molar-refractivity contribution < 1.29 is 18.8 Å². The summed E-state index contributed by atoms with van der Waals surface area (Å²) in [5, 5.41) is 13.3. The van der Waals surface area contributed by atoms with E-state index >= 15 is 0 Å². The second-order valence-electron chi connectivity index (χ2n) is 4.22. The van der Waals surface area contributed by atoms with Gasteiger partial charge in [-0.3, -0.25) is 14.9 Å². The Morgan fingerprint density at radius 2 is 2.05 bits per heavy atom. The van der Waals surface area contributed by atoms with Crippen molar-refractivity contribution in [2.75, 3.05) is 12.4 Å². The Morgan fingerprint density at radius 1 is 1.32 bits per heavy atom. The van der Waals surface area contributed by atoms with Crippen molar-refractivity contribution in [3.63, 3.8) is 0 Å². The molecule has 8 heteroatoms. The number of benzene rings is 2. The Bertz CT molecular complexity index is 752. The third-order valence-electron chi connectivity index (χ3n) is 2.82. The first-order valence-corrected chi connectivity index (χ1v) is 6.80. The maximum absolute atomic E-state index is 13.0. The Morgan fingerprint density at radius 3 is 2.64 bits per heavy atom. The summed E-state index contributed by atoms with van der Waals surface area (Å²) >= 11 is 3.09. The first kappa shape index (κ1) is 15.9. The van der Waals surface area contributed by atoms with Gasteiger partial charge >= 0.3 is 0 Å². The van der Waals surface area contributed by atoms with Crippen LogP contribution in [-0.4, -0.2) is 17.9 Å². The van der Waals surface area contributed by atoms with Crippen LogP contribution in [0.1, 0.15) is 10.4 Å². The molecule has 0 radical (unpaired) electrons. The van der Waals surface area contributed by atoms with E-state index in [1.165, 1.54) is 31.4 Å². The van der Waals surface area contributed by atoms with Crippen LogP contribution >= 0.6 is 15.9 Å². The van der Waals surface area contributed by atoms with E-state index in [-0.39, 0.29) is 27.2 Å². The highest BCUT2D eigenvalue weighted by atomic mass is 79.9. The van der Waals surface area contributed by atoms with Gasteiger partial charge in [0.2, 0.25) is 0 Å². The number of nitro groups is 1. The molecule has 0 aromatic heterocycles. The molecule has 2 aromatic carbocycles. The van der Waals surface area contributed by atoms with Crippen molar-refractivity contribution in [3.05, 3.63) is 62.4 Å². The van der Waals surface area contributed by atoms with Crippen molar-refractivity contribution >= 4 is 33.2 Å². The molecule has 6 nitrogen and oxygen atoms in total. The van der Waals surface area contributed by atoms with Crippen LogP contribution in [0.25, 0.3) is 0 Å². The zero-order valence-electron chi connectivity index (χ0n) is 11.3. The minimum atomic E-state index is -0.580. The van der Waals surface area contributed by atoms with Crippen LogP contribution in [0.3, 0.4) is 0 Å². The number of carbonyl (C=O) groups is 1. The molecule has 1 N–H and O–H groups in total. The summed E-state index contributed by atoms with van der Waals surface area (Å²) in [6.45, 7) is 0. The number of carbonyl (C=O) groups excluding carboxylic acids is 1. The molecule has 0 aliphatic heterocycles. The molecular formula is C14H10BrFN2O4. The largest absolute Gasteiger partial charge is 0.495 e. The number of methoxy groups -OCH3 is 1. The van der Waals surface area contributed by atoms with Crippen molar-refractivity contribution in [1.82, 2.24) is 0 Å². The Labute approximate surface area is 133 Å². The summed E-state index contributed by atoms with van der Waals surface area (Å²) in [6, 6.07) is 7.44. The van der Waals surface area contributed by atoms with E-state index < -0.39 is 16.6 Å². The number of non-ortho nitro benzene ring substituents is 1. The van der Waals surface area contributed by atoms with E-state index in [1.807, 2.05) is 0 Å². The van der Waals surface area contributed by atoms with Gasteiger partial charge in [0, 0.05) is 16.6 Å². The molecule has 114 valence electrons. The van der Waals surface area contributed by atoms with E-state index in [0.29, 0.717) is 0 Å². The highest BCUT2D eigenvalue weighted by Crippen LogP contribution is 2.30. The minimum absolute atomic E-state index is 0.151. The molecule has 0 atom stereocenters. The van der Waals surface area contributed by atoms with Crippen LogP contribution < -0.4 is 10.1 Å². The predicted molar refractivity (Wildman–Crippen MR) is 81.7 cm³/mol. The standard InChI is InChI=1S/C14H10BrFN2O4/c1-22-13-5-3-9(18(20)21)7-12(13)17-14(19)10-4-2-8(16)6-11(10)15/h2-7H,1H3,(H,17,19). The van der Waals surface area contributed by atoms with Gasteiger partial charge in [-0.15, -0.1) is 0 Å². The van der Waals surface area contributed by atoms with Gasteiger partial charge < -0.3 is 10.1 Å². The summed E-state index contributed by atoms with van der Waals surface area (Å²) in [5.74, 6) is -0.765. The van der Waals surface area contributed by atoms with Gasteiger partial charge in [-0.25, -0.2) is 4.39 Å². The number of hydrogen-bond donors (Lipinski definition) is 1. The number of nitrogens with one attached hydrogen (secondary N) is 1. The van der Waals surface area contributed by atoms with Crippen molar-refractivity contribution in [3.8, 4) is 5.75 Å². The molecule has 0 unspecified atom stereocenters. The van der Waals surface area contributed by atoms with Crippen LogP contribution in [0.15, 0.2) is 40.9 Å². The van der Waals surface area contributed by atoms with Crippen molar-refractivity contribution in [2.45, 2.75) is 0 Å². The zero-order valence-corrected chi connectivity index (χ0v) is 12.9. The van der Waals surface area contributed by atoms with Gasteiger partial charge in [0.25, 0.3) is 11.6 Å². The van der Waals surface area contributed by atoms with E-state index in [2.05, 4.69) is 21.2 Å². The molecular weight excluding hydrogens is 359 g/mol. The Hall–Kier alpha value is -2.48. The Balaban J connectivity index is 2.34. The highest BCUT2D eigenvalue weighted by Gasteiger charge is 2.16. The maximum atomic E-state index is 13.0. The van der Waals surface area contributed by atoms with E-state index in [1.54, 1.807) is 0 Å². The fourth-order valence-electron chi connectivity index (χ4n) is 1.77. The fourth-order valence-corrected chi connectivity index (χ4v) is 2.30. The molecule has 0 heterocycles. The maximum Gasteiger partial charge on any atom is 0.271 e. The number of anilines is 1. The second kappa shape index (κ2) is 6.52. The van der Waals surface area contributed by atoms with Gasteiger partial charge in [-0.2, -0.15) is 0 Å². The number of amides is 1. The summed E-state index contributed by atoms with van der Waals surface area (Å²) in [5.41, 5.74) is 0.155. The quantitative estimate of drug-likeness (QED) is 0.657. The lowest BCUT2D eigenvalue weighted by atomic mass is 10.2.